The van der Waals surface area contributed by atoms with Gasteiger partial charge in [-0.3, -0.25) is 4.79 Å². The summed E-state index contributed by atoms with van der Waals surface area (Å²) in [6.07, 6.45) is 2.43. The van der Waals surface area contributed by atoms with E-state index in [-0.39, 0.29) is 17.3 Å². The topological polar surface area (TPSA) is 55.1 Å². The second kappa shape index (κ2) is 3.85. The summed E-state index contributed by atoms with van der Waals surface area (Å²) in [5.41, 5.74) is 5.23. The molecule has 2 atom stereocenters. The molecule has 0 radical (unpaired) electrons. The highest BCUT2D eigenvalue weighted by molar-refractivity contribution is 7.80. The van der Waals surface area contributed by atoms with E-state index in [1.165, 1.54) is 0 Å². The van der Waals surface area contributed by atoms with Crippen LogP contribution in [-0.2, 0) is 4.79 Å². The van der Waals surface area contributed by atoms with Crippen LogP contribution in [0.1, 0.15) is 26.2 Å². The highest BCUT2D eigenvalue weighted by Gasteiger charge is 2.36. The van der Waals surface area contributed by atoms with Gasteiger partial charge in [0, 0.05) is 6.04 Å². The average molecular weight is 186 g/mol. The second-order valence-electron chi connectivity index (χ2n) is 3.22. The van der Waals surface area contributed by atoms with Gasteiger partial charge in [-0.25, -0.2) is 0 Å². The number of carbonyl (C=O) groups excluding carboxylic acids is 1. The van der Waals surface area contributed by atoms with Gasteiger partial charge in [-0.2, -0.15) is 0 Å². The molecule has 3 N–H and O–H groups in total. The molecular weight excluding hydrogens is 172 g/mol. The summed E-state index contributed by atoms with van der Waals surface area (Å²) in [5, 5.41) is 2.88. The molecule has 3 nitrogen and oxygen atoms in total. The van der Waals surface area contributed by atoms with E-state index in [0.29, 0.717) is 12.0 Å². The van der Waals surface area contributed by atoms with E-state index < -0.39 is 0 Å². The molecule has 4 heteroatoms. The lowest BCUT2D eigenvalue weighted by Gasteiger charge is -2.01. The Balaban J connectivity index is 2.16. The summed E-state index contributed by atoms with van der Waals surface area (Å²) < 4.78 is 0. The molecule has 0 aromatic heterocycles. The van der Waals surface area contributed by atoms with Crippen LogP contribution in [-0.4, -0.2) is 16.9 Å². The first kappa shape index (κ1) is 9.45. The van der Waals surface area contributed by atoms with Crippen molar-refractivity contribution in [2.75, 3.05) is 0 Å². The number of nitrogens with two attached hydrogens (primary N) is 1. The maximum Gasteiger partial charge on any atom is 0.227 e. The number of rotatable bonds is 4. The minimum atomic E-state index is -0.0385. The van der Waals surface area contributed by atoms with Crippen molar-refractivity contribution >= 4 is 23.1 Å². The Hall–Kier alpha value is -0.640. The Labute approximate surface area is 77.7 Å². The van der Waals surface area contributed by atoms with Crippen LogP contribution in [0.2, 0.25) is 0 Å². The van der Waals surface area contributed by atoms with E-state index >= 15 is 0 Å². The predicted octanol–water partition coefficient (Wildman–Crippen LogP) is 0.577. The molecule has 0 saturated heterocycles. The number of nitrogens with one attached hydrogen (secondary N) is 1. The molecule has 2 unspecified atom stereocenters. The third-order valence-electron chi connectivity index (χ3n) is 2.13. The number of carbonyl (C=O) groups is 1. The molecule has 0 aliphatic heterocycles. The molecule has 1 amide bonds. The summed E-state index contributed by atoms with van der Waals surface area (Å²) >= 11 is 4.62. The van der Waals surface area contributed by atoms with Crippen LogP contribution in [0, 0.1) is 5.92 Å². The highest BCUT2D eigenvalue weighted by atomic mass is 32.1. The maximum atomic E-state index is 11.1. The lowest BCUT2D eigenvalue weighted by Crippen LogP contribution is -2.30. The van der Waals surface area contributed by atoms with E-state index in [2.05, 4.69) is 24.5 Å². The largest absolute Gasteiger partial charge is 0.393 e. The van der Waals surface area contributed by atoms with E-state index in [1.54, 1.807) is 0 Å². The van der Waals surface area contributed by atoms with Crippen molar-refractivity contribution in [1.29, 1.82) is 0 Å². The molecule has 0 bridgehead atoms. The summed E-state index contributed by atoms with van der Waals surface area (Å²) in [6.45, 7) is 2.13. The fraction of sp³-hybridized carbons (Fsp3) is 0.750. The zero-order valence-electron chi connectivity index (χ0n) is 7.17. The van der Waals surface area contributed by atoms with E-state index in [4.69, 9.17) is 5.73 Å². The molecule has 1 fully saturated rings. The molecule has 0 heterocycles. The summed E-state index contributed by atoms with van der Waals surface area (Å²) in [4.78, 5) is 11.4. The van der Waals surface area contributed by atoms with E-state index in [1.807, 2.05) is 0 Å². The van der Waals surface area contributed by atoms with Crippen LogP contribution >= 0.6 is 12.2 Å². The first-order valence-corrected chi connectivity index (χ1v) is 4.62. The van der Waals surface area contributed by atoms with Crippen molar-refractivity contribution in [3.8, 4) is 0 Å². The van der Waals surface area contributed by atoms with Gasteiger partial charge < -0.3 is 11.1 Å². The van der Waals surface area contributed by atoms with E-state index in [9.17, 15) is 4.79 Å². The summed E-state index contributed by atoms with van der Waals surface area (Å²) in [6, 6.07) is 0.386. The third-order valence-corrected chi connectivity index (χ3v) is 2.27. The third kappa shape index (κ3) is 2.77. The van der Waals surface area contributed by atoms with Crippen LogP contribution in [0.3, 0.4) is 0 Å². The Morgan fingerprint density at radius 1 is 1.75 bits per heavy atom. The molecule has 1 aliphatic rings. The van der Waals surface area contributed by atoms with Crippen molar-refractivity contribution in [1.82, 2.24) is 5.32 Å². The van der Waals surface area contributed by atoms with Crippen LogP contribution in [0.5, 0.6) is 0 Å². The standard InChI is InChI=1S/C8H14N2OS/c1-2-5-3-6(5)10-8(11)4-7(9)12/h5-6H,2-4H2,1H3,(H2,9,12)(H,10,11). The van der Waals surface area contributed by atoms with Gasteiger partial charge in [0.15, 0.2) is 0 Å². The molecular formula is C8H14N2OS. The summed E-state index contributed by atoms with van der Waals surface area (Å²) in [5.74, 6) is 0.642. The lowest BCUT2D eigenvalue weighted by molar-refractivity contribution is -0.120. The minimum absolute atomic E-state index is 0.0385. The first-order chi connectivity index (χ1) is 5.63. The van der Waals surface area contributed by atoms with Crippen LogP contribution in [0.25, 0.3) is 0 Å². The highest BCUT2D eigenvalue weighted by Crippen LogP contribution is 2.32. The molecule has 0 aromatic rings. The predicted molar refractivity (Wildman–Crippen MR) is 51.7 cm³/mol. The Bertz CT molecular complexity index is 205. The number of hydrogen-bond donors (Lipinski definition) is 2. The average Bonchev–Trinajstić information content (AvgIpc) is 2.65. The molecule has 1 saturated carbocycles. The van der Waals surface area contributed by atoms with Crippen molar-refractivity contribution < 1.29 is 4.79 Å². The zero-order valence-corrected chi connectivity index (χ0v) is 7.99. The number of thiocarbonyl (C=S) groups is 1. The zero-order chi connectivity index (χ0) is 9.14. The SMILES string of the molecule is CCC1CC1NC(=O)CC(N)=S. The first-order valence-electron chi connectivity index (χ1n) is 4.21. The fourth-order valence-corrected chi connectivity index (χ4v) is 1.42. The lowest BCUT2D eigenvalue weighted by atomic mass is 10.3. The van der Waals surface area contributed by atoms with Gasteiger partial charge >= 0.3 is 0 Å². The number of hydrogen-bond acceptors (Lipinski definition) is 2. The Morgan fingerprint density at radius 3 is 2.83 bits per heavy atom. The quantitative estimate of drug-likeness (QED) is 0.631. The van der Waals surface area contributed by atoms with Gasteiger partial charge in [-0.1, -0.05) is 25.6 Å². The molecule has 1 aliphatic carbocycles. The van der Waals surface area contributed by atoms with Gasteiger partial charge in [0.1, 0.15) is 0 Å². The molecule has 0 spiro atoms. The molecule has 12 heavy (non-hydrogen) atoms. The van der Waals surface area contributed by atoms with Crippen molar-refractivity contribution in [3.63, 3.8) is 0 Å². The fourth-order valence-electron chi connectivity index (χ4n) is 1.29. The molecule has 1 rings (SSSR count). The van der Waals surface area contributed by atoms with Crippen molar-refractivity contribution in [3.05, 3.63) is 0 Å². The minimum Gasteiger partial charge on any atom is -0.393 e. The normalized spacial score (nSPS) is 26.4. The monoisotopic (exact) mass is 186 g/mol. The van der Waals surface area contributed by atoms with Crippen molar-refractivity contribution in [2.45, 2.75) is 32.2 Å². The van der Waals surface area contributed by atoms with Crippen LogP contribution < -0.4 is 11.1 Å². The Kier molecular flexibility index (Phi) is 3.03. The van der Waals surface area contributed by atoms with Gasteiger partial charge in [0.2, 0.25) is 5.91 Å². The van der Waals surface area contributed by atoms with Gasteiger partial charge in [-0.05, 0) is 12.3 Å². The maximum absolute atomic E-state index is 11.1. The van der Waals surface area contributed by atoms with Gasteiger partial charge in [0.25, 0.3) is 0 Å². The Morgan fingerprint density at radius 2 is 2.42 bits per heavy atom. The van der Waals surface area contributed by atoms with E-state index in [0.717, 1.165) is 12.8 Å². The van der Waals surface area contributed by atoms with Crippen LogP contribution in [0.4, 0.5) is 0 Å². The molecule has 0 aromatic carbocycles. The van der Waals surface area contributed by atoms with Crippen LogP contribution in [0.15, 0.2) is 0 Å². The number of amides is 1. The molecule has 68 valence electrons. The van der Waals surface area contributed by atoms with Gasteiger partial charge in [-0.15, -0.1) is 0 Å². The smallest absolute Gasteiger partial charge is 0.227 e. The second-order valence-corrected chi connectivity index (χ2v) is 3.75. The summed E-state index contributed by atoms with van der Waals surface area (Å²) in [7, 11) is 0. The van der Waals surface area contributed by atoms with Crippen molar-refractivity contribution in [2.24, 2.45) is 11.7 Å². The van der Waals surface area contributed by atoms with Gasteiger partial charge in [0.05, 0.1) is 11.4 Å².